The molecule has 2 rings (SSSR count). The minimum Gasteiger partial charge on any atom is -0.489 e. The number of aliphatic hydroxyl groups is 1. The van der Waals surface area contributed by atoms with E-state index in [2.05, 4.69) is 10.6 Å². The molecule has 5 heteroatoms. The zero-order valence-electron chi connectivity index (χ0n) is 13.4. The number of carbonyl (C=O) groups excluding carboxylic acids is 1. The first kappa shape index (κ1) is 16.8. The Hall–Kier alpha value is -2.53. The number of aliphatic hydroxyl groups excluding tert-OH is 1. The number of carbonyl (C=O) groups is 1. The summed E-state index contributed by atoms with van der Waals surface area (Å²) in [4.78, 5) is 12.1. The molecule has 122 valence electrons. The lowest BCUT2D eigenvalue weighted by Gasteiger charge is -2.15. The highest BCUT2D eigenvalue weighted by Gasteiger charge is 2.09. The zero-order chi connectivity index (χ0) is 16.7. The van der Waals surface area contributed by atoms with Gasteiger partial charge in [-0.1, -0.05) is 36.4 Å². The molecule has 0 atom stereocenters. The molecule has 0 bridgehead atoms. The molecular formula is C18H22N2O3. The normalized spacial score (nSPS) is 10.4. The average molecular weight is 314 g/mol. The number of anilines is 1. The maximum atomic E-state index is 12.1. The van der Waals surface area contributed by atoms with Gasteiger partial charge in [-0.25, -0.2) is 4.79 Å². The fraction of sp³-hybridized carbons (Fsp3) is 0.278. The van der Waals surface area contributed by atoms with Gasteiger partial charge in [0.05, 0.1) is 18.4 Å². The number of amides is 2. The van der Waals surface area contributed by atoms with Gasteiger partial charge in [-0.3, -0.25) is 0 Å². The molecule has 23 heavy (non-hydrogen) atoms. The van der Waals surface area contributed by atoms with Crippen molar-refractivity contribution in [2.45, 2.75) is 33.1 Å². The Morgan fingerprint density at radius 2 is 1.74 bits per heavy atom. The minimum atomic E-state index is -0.322. The summed E-state index contributed by atoms with van der Waals surface area (Å²) in [5, 5.41) is 14.9. The fourth-order valence-corrected chi connectivity index (χ4v) is 2.15. The Labute approximate surface area is 136 Å². The Balaban J connectivity index is 1.97. The van der Waals surface area contributed by atoms with E-state index in [1.807, 2.05) is 56.3 Å². The molecular weight excluding hydrogens is 292 g/mol. The van der Waals surface area contributed by atoms with Gasteiger partial charge in [0.15, 0.2) is 0 Å². The maximum absolute atomic E-state index is 12.1. The SMILES string of the molecule is CC(C)Oc1ccccc1NC(=O)NCc1ccccc1CO. The second-order valence-electron chi connectivity index (χ2n) is 5.40. The minimum absolute atomic E-state index is 0.0254. The number of hydrogen-bond acceptors (Lipinski definition) is 3. The molecule has 0 radical (unpaired) electrons. The fourth-order valence-electron chi connectivity index (χ4n) is 2.15. The van der Waals surface area contributed by atoms with Crippen LogP contribution in [0.5, 0.6) is 5.75 Å². The third-order valence-corrected chi connectivity index (χ3v) is 3.23. The number of nitrogens with one attached hydrogen (secondary N) is 2. The molecule has 5 nitrogen and oxygen atoms in total. The summed E-state index contributed by atoms with van der Waals surface area (Å²) in [6.07, 6.45) is 0.0254. The lowest BCUT2D eigenvalue weighted by molar-refractivity contribution is 0.241. The summed E-state index contributed by atoms with van der Waals surface area (Å²) in [6.45, 7) is 4.16. The molecule has 0 saturated heterocycles. The van der Waals surface area contributed by atoms with Crippen LogP contribution in [0.25, 0.3) is 0 Å². The Morgan fingerprint density at radius 1 is 1.09 bits per heavy atom. The topological polar surface area (TPSA) is 70.6 Å². The number of rotatable bonds is 6. The Kier molecular flexibility index (Phi) is 6.00. The molecule has 0 unspecified atom stereocenters. The van der Waals surface area contributed by atoms with Crippen molar-refractivity contribution in [1.82, 2.24) is 5.32 Å². The second kappa shape index (κ2) is 8.19. The van der Waals surface area contributed by atoms with Gasteiger partial charge < -0.3 is 20.5 Å². The summed E-state index contributed by atoms with van der Waals surface area (Å²) in [5.41, 5.74) is 2.31. The number of hydrogen-bond donors (Lipinski definition) is 3. The van der Waals surface area contributed by atoms with Crippen LogP contribution in [0.15, 0.2) is 48.5 Å². The first-order chi connectivity index (χ1) is 11.1. The van der Waals surface area contributed by atoms with E-state index in [4.69, 9.17) is 4.74 Å². The van der Waals surface area contributed by atoms with Gasteiger partial charge in [0.2, 0.25) is 0 Å². The van der Waals surface area contributed by atoms with Crippen molar-refractivity contribution >= 4 is 11.7 Å². The Bertz CT molecular complexity index is 656. The third-order valence-electron chi connectivity index (χ3n) is 3.23. The van der Waals surface area contributed by atoms with Crippen molar-refractivity contribution in [2.24, 2.45) is 0 Å². The van der Waals surface area contributed by atoms with Gasteiger partial charge in [0.1, 0.15) is 5.75 Å². The van der Waals surface area contributed by atoms with Crippen molar-refractivity contribution in [3.8, 4) is 5.75 Å². The molecule has 3 N–H and O–H groups in total. The number of benzene rings is 2. The lowest BCUT2D eigenvalue weighted by atomic mass is 10.1. The molecule has 0 aliphatic carbocycles. The molecule has 0 fully saturated rings. The second-order valence-corrected chi connectivity index (χ2v) is 5.40. The molecule has 0 aliphatic heterocycles. The number of ether oxygens (including phenoxy) is 1. The molecule has 2 aromatic rings. The van der Waals surface area contributed by atoms with E-state index >= 15 is 0 Å². The van der Waals surface area contributed by atoms with Crippen LogP contribution < -0.4 is 15.4 Å². The van der Waals surface area contributed by atoms with Crippen LogP contribution >= 0.6 is 0 Å². The molecule has 0 saturated carbocycles. The molecule has 0 heterocycles. The van der Waals surface area contributed by atoms with Gasteiger partial charge >= 0.3 is 6.03 Å². The van der Waals surface area contributed by atoms with Crippen LogP contribution in [-0.4, -0.2) is 17.2 Å². The Morgan fingerprint density at radius 3 is 2.43 bits per heavy atom. The molecule has 2 aromatic carbocycles. The van der Waals surface area contributed by atoms with Gasteiger partial charge in [-0.2, -0.15) is 0 Å². The van der Waals surface area contributed by atoms with Crippen LogP contribution in [0.4, 0.5) is 10.5 Å². The summed E-state index contributed by atoms with van der Waals surface area (Å²) in [6, 6.07) is 14.4. The molecule has 0 aliphatic rings. The third kappa shape index (κ3) is 5.00. The van der Waals surface area contributed by atoms with Gasteiger partial charge in [0, 0.05) is 6.54 Å². The zero-order valence-corrected chi connectivity index (χ0v) is 13.4. The maximum Gasteiger partial charge on any atom is 0.319 e. The summed E-state index contributed by atoms with van der Waals surface area (Å²) in [5.74, 6) is 0.633. The highest BCUT2D eigenvalue weighted by atomic mass is 16.5. The molecule has 2 amide bonds. The van der Waals surface area contributed by atoms with E-state index in [0.29, 0.717) is 18.0 Å². The predicted octanol–water partition coefficient (Wildman–Crippen LogP) is 3.29. The van der Waals surface area contributed by atoms with E-state index in [1.54, 1.807) is 6.07 Å². The van der Waals surface area contributed by atoms with Gasteiger partial charge in [0.25, 0.3) is 0 Å². The van der Waals surface area contributed by atoms with E-state index in [-0.39, 0.29) is 18.7 Å². The standard InChI is InChI=1S/C18H22N2O3/c1-13(2)23-17-10-6-5-9-16(17)20-18(22)19-11-14-7-3-4-8-15(14)12-21/h3-10,13,21H,11-12H2,1-2H3,(H2,19,20,22). The average Bonchev–Trinajstić information content (AvgIpc) is 2.54. The van der Waals surface area contributed by atoms with Crippen LogP contribution in [0, 0.1) is 0 Å². The summed E-state index contributed by atoms with van der Waals surface area (Å²) >= 11 is 0. The molecule has 0 spiro atoms. The quantitative estimate of drug-likeness (QED) is 0.766. The van der Waals surface area contributed by atoms with Crippen molar-refractivity contribution in [3.05, 3.63) is 59.7 Å². The first-order valence-electron chi connectivity index (χ1n) is 7.58. The monoisotopic (exact) mass is 314 g/mol. The van der Waals surface area contributed by atoms with E-state index < -0.39 is 0 Å². The van der Waals surface area contributed by atoms with Crippen LogP contribution in [-0.2, 0) is 13.2 Å². The smallest absolute Gasteiger partial charge is 0.319 e. The van der Waals surface area contributed by atoms with Crippen molar-refractivity contribution < 1.29 is 14.6 Å². The highest BCUT2D eigenvalue weighted by molar-refractivity contribution is 5.90. The van der Waals surface area contributed by atoms with Crippen LogP contribution in [0.1, 0.15) is 25.0 Å². The highest BCUT2D eigenvalue weighted by Crippen LogP contribution is 2.24. The predicted molar refractivity (Wildman–Crippen MR) is 90.4 cm³/mol. The summed E-state index contributed by atoms with van der Waals surface area (Å²) in [7, 11) is 0. The number of urea groups is 1. The van der Waals surface area contributed by atoms with Gasteiger partial charge in [-0.05, 0) is 37.1 Å². The molecule has 0 aromatic heterocycles. The van der Waals surface area contributed by atoms with Gasteiger partial charge in [-0.15, -0.1) is 0 Å². The van der Waals surface area contributed by atoms with E-state index in [0.717, 1.165) is 11.1 Å². The van der Waals surface area contributed by atoms with Crippen LogP contribution in [0.2, 0.25) is 0 Å². The lowest BCUT2D eigenvalue weighted by Crippen LogP contribution is -2.28. The largest absolute Gasteiger partial charge is 0.489 e. The van der Waals surface area contributed by atoms with Crippen molar-refractivity contribution in [1.29, 1.82) is 0 Å². The van der Waals surface area contributed by atoms with Crippen molar-refractivity contribution in [2.75, 3.05) is 5.32 Å². The van der Waals surface area contributed by atoms with E-state index in [1.165, 1.54) is 0 Å². The number of para-hydroxylation sites is 2. The summed E-state index contributed by atoms with van der Waals surface area (Å²) < 4.78 is 5.67. The van der Waals surface area contributed by atoms with E-state index in [9.17, 15) is 9.90 Å². The van der Waals surface area contributed by atoms with Crippen molar-refractivity contribution in [3.63, 3.8) is 0 Å². The first-order valence-corrected chi connectivity index (χ1v) is 7.58. The van der Waals surface area contributed by atoms with Crippen LogP contribution in [0.3, 0.4) is 0 Å².